The van der Waals surface area contributed by atoms with Gasteiger partial charge in [0.05, 0.1) is 13.4 Å². The van der Waals surface area contributed by atoms with E-state index in [-0.39, 0.29) is 17.9 Å². The van der Waals surface area contributed by atoms with E-state index in [9.17, 15) is 4.79 Å². The standard InChI is InChI=1S/C11H13IN2OS2/c12-9-4-6(5-17-9)11(15)14-8-3-1-2-7(8)10(13)16/h4-5,7-8H,1-3H2,(H2,13,16)(H,14,15). The van der Waals surface area contributed by atoms with Crippen molar-refractivity contribution in [3.63, 3.8) is 0 Å². The van der Waals surface area contributed by atoms with Gasteiger partial charge in [-0.15, -0.1) is 11.3 Å². The summed E-state index contributed by atoms with van der Waals surface area (Å²) in [6.45, 7) is 0. The van der Waals surface area contributed by atoms with Crippen molar-refractivity contribution < 1.29 is 4.79 Å². The fourth-order valence-electron chi connectivity index (χ4n) is 2.15. The highest BCUT2D eigenvalue weighted by atomic mass is 127. The van der Waals surface area contributed by atoms with Crippen molar-refractivity contribution in [1.82, 2.24) is 5.32 Å². The number of carbonyl (C=O) groups excluding carboxylic acids is 1. The van der Waals surface area contributed by atoms with Gasteiger partial charge >= 0.3 is 0 Å². The minimum absolute atomic E-state index is 0.0164. The lowest BCUT2D eigenvalue weighted by molar-refractivity contribution is 0.0934. The van der Waals surface area contributed by atoms with Crippen molar-refractivity contribution in [2.24, 2.45) is 11.7 Å². The zero-order chi connectivity index (χ0) is 12.4. The van der Waals surface area contributed by atoms with Crippen LogP contribution in [0, 0.1) is 8.80 Å². The third-order valence-electron chi connectivity index (χ3n) is 3.03. The first-order chi connectivity index (χ1) is 8.08. The average molecular weight is 380 g/mol. The number of thiophene rings is 1. The fourth-order valence-corrected chi connectivity index (χ4v) is 3.76. The third-order valence-corrected chi connectivity index (χ3v) is 5.12. The largest absolute Gasteiger partial charge is 0.393 e. The van der Waals surface area contributed by atoms with Gasteiger partial charge in [-0.1, -0.05) is 18.6 Å². The molecule has 1 fully saturated rings. The van der Waals surface area contributed by atoms with Gasteiger partial charge in [0.25, 0.3) is 5.91 Å². The molecule has 17 heavy (non-hydrogen) atoms. The second-order valence-corrected chi connectivity index (χ2v) is 7.44. The van der Waals surface area contributed by atoms with Crippen LogP contribution in [0.3, 0.4) is 0 Å². The number of carbonyl (C=O) groups is 1. The summed E-state index contributed by atoms with van der Waals surface area (Å²) in [5, 5.41) is 4.91. The van der Waals surface area contributed by atoms with Crippen molar-refractivity contribution in [3.05, 3.63) is 19.9 Å². The molecule has 1 heterocycles. The highest BCUT2D eigenvalue weighted by Gasteiger charge is 2.30. The molecule has 1 amide bonds. The molecule has 3 N–H and O–H groups in total. The molecule has 2 rings (SSSR count). The molecule has 3 nitrogen and oxygen atoms in total. The van der Waals surface area contributed by atoms with E-state index in [2.05, 4.69) is 27.9 Å². The van der Waals surface area contributed by atoms with Crippen molar-refractivity contribution in [3.8, 4) is 0 Å². The molecule has 2 atom stereocenters. The van der Waals surface area contributed by atoms with Gasteiger partial charge in [0.2, 0.25) is 0 Å². The molecule has 0 aromatic carbocycles. The predicted octanol–water partition coefficient (Wildman–Crippen LogP) is 2.54. The van der Waals surface area contributed by atoms with Crippen LogP contribution in [0.1, 0.15) is 29.6 Å². The number of amides is 1. The number of halogens is 1. The summed E-state index contributed by atoms with van der Waals surface area (Å²) < 4.78 is 1.12. The fraction of sp³-hybridized carbons (Fsp3) is 0.455. The van der Waals surface area contributed by atoms with Gasteiger partial charge in [-0.05, 0) is 41.5 Å². The first kappa shape index (κ1) is 13.2. The second-order valence-electron chi connectivity index (χ2n) is 4.16. The molecule has 1 aliphatic carbocycles. The Balaban J connectivity index is 2.01. The maximum Gasteiger partial charge on any atom is 0.252 e. The second kappa shape index (κ2) is 5.62. The Labute approximate surface area is 123 Å². The van der Waals surface area contributed by atoms with Gasteiger partial charge in [-0.3, -0.25) is 4.79 Å². The summed E-state index contributed by atoms with van der Waals surface area (Å²) in [7, 11) is 0. The first-order valence-corrected chi connectivity index (χ1v) is 7.79. The number of hydrogen-bond donors (Lipinski definition) is 2. The summed E-state index contributed by atoms with van der Waals surface area (Å²) in [6.07, 6.45) is 3.03. The molecule has 0 spiro atoms. The van der Waals surface area contributed by atoms with Gasteiger partial charge in [0, 0.05) is 17.3 Å². The Hall–Kier alpha value is -0.210. The molecule has 6 heteroatoms. The lowest BCUT2D eigenvalue weighted by atomic mass is 10.0. The van der Waals surface area contributed by atoms with Gasteiger partial charge in [0.1, 0.15) is 0 Å². The van der Waals surface area contributed by atoms with Crippen LogP contribution >= 0.6 is 46.1 Å². The molecule has 0 saturated heterocycles. The minimum atomic E-state index is -0.0164. The molecule has 1 aromatic rings. The number of thiocarbonyl (C=S) groups is 1. The topological polar surface area (TPSA) is 55.1 Å². The molecule has 0 radical (unpaired) electrons. The summed E-state index contributed by atoms with van der Waals surface area (Å²) in [6, 6.07) is 2.00. The maximum atomic E-state index is 12.0. The first-order valence-electron chi connectivity index (χ1n) is 5.42. The van der Waals surface area contributed by atoms with Gasteiger partial charge in [0.15, 0.2) is 0 Å². The van der Waals surface area contributed by atoms with E-state index >= 15 is 0 Å². The number of hydrogen-bond acceptors (Lipinski definition) is 3. The van der Waals surface area contributed by atoms with E-state index < -0.39 is 0 Å². The summed E-state index contributed by atoms with van der Waals surface area (Å²) >= 11 is 8.82. The molecule has 1 aromatic heterocycles. The Bertz CT molecular complexity index is 446. The van der Waals surface area contributed by atoms with Crippen LogP contribution in [0.15, 0.2) is 11.4 Å². The molecule has 0 aliphatic heterocycles. The van der Waals surface area contributed by atoms with Crippen LogP contribution in [0.2, 0.25) is 0 Å². The van der Waals surface area contributed by atoms with Crippen LogP contribution in [-0.4, -0.2) is 16.9 Å². The number of nitrogens with two attached hydrogens (primary N) is 1. The molecule has 0 bridgehead atoms. The quantitative estimate of drug-likeness (QED) is 0.626. The predicted molar refractivity (Wildman–Crippen MR) is 82.4 cm³/mol. The van der Waals surface area contributed by atoms with Crippen molar-refractivity contribution in [2.75, 3.05) is 0 Å². The average Bonchev–Trinajstić information content (AvgIpc) is 2.86. The Kier molecular flexibility index (Phi) is 4.37. The lowest BCUT2D eigenvalue weighted by Gasteiger charge is -2.19. The van der Waals surface area contributed by atoms with Crippen LogP contribution in [-0.2, 0) is 0 Å². The Morgan fingerprint density at radius 2 is 2.35 bits per heavy atom. The van der Waals surface area contributed by atoms with E-state index in [0.717, 1.165) is 27.7 Å². The van der Waals surface area contributed by atoms with Gasteiger partial charge in [-0.2, -0.15) is 0 Å². The summed E-state index contributed by atoms with van der Waals surface area (Å²) in [5.41, 5.74) is 6.42. The van der Waals surface area contributed by atoms with E-state index in [0.29, 0.717) is 4.99 Å². The lowest BCUT2D eigenvalue weighted by Crippen LogP contribution is -2.41. The van der Waals surface area contributed by atoms with E-state index in [1.54, 1.807) is 11.3 Å². The SMILES string of the molecule is NC(=S)C1CCCC1NC(=O)c1csc(I)c1. The van der Waals surface area contributed by atoms with Crippen LogP contribution < -0.4 is 11.1 Å². The van der Waals surface area contributed by atoms with Crippen molar-refractivity contribution in [2.45, 2.75) is 25.3 Å². The van der Waals surface area contributed by atoms with Crippen molar-refractivity contribution in [1.29, 1.82) is 0 Å². The Morgan fingerprint density at radius 3 is 2.94 bits per heavy atom. The minimum Gasteiger partial charge on any atom is -0.393 e. The van der Waals surface area contributed by atoms with Crippen molar-refractivity contribution >= 4 is 57.0 Å². The zero-order valence-electron chi connectivity index (χ0n) is 9.11. The third kappa shape index (κ3) is 3.17. The highest BCUT2D eigenvalue weighted by Crippen LogP contribution is 2.26. The smallest absolute Gasteiger partial charge is 0.252 e. The number of rotatable bonds is 3. The molecule has 1 saturated carbocycles. The monoisotopic (exact) mass is 380 g/mol. The summed E-state index contributed by atoms with van der Waals surface area (Å²) in [4.78, 5) is 12.5. The highest BCUT2D eigenvalue weighted by molar-refractivity contribution is 14.1. The maximum absolute atomic E-state index is 12.0. The normalized spacial score (nSPS) is 23.6. The van der Waals surface area contributed by atoms with Gasteiger partial charge < -0.3 is 11.1 Å². The molecular formula is C11H13IN2OS2. The van der Waals surface area contributed by atoms with Crippen LogP contribution in [0.25, 0.3) is 0 Å². The Morgan fingerprint density at radius 1 is 1.59 bits per heavy atom. The van der Waals surface area contributed by atoms with Gasteiger partial charge in [-0.25, -0.2) is 0 Å². The van der Waals surface area contributed by atoms with E-state index in [1.165, 1.54) is 0 Å². The van der Waals surface area contributed by atoms with Crippen LogP contribution in [0.5, 0.6) is 0 Å². The molecule has 92 valence electrons. The summed E-state index contributed by atoms with van der Waals surface area (Å²) in [5.74, 6) is 0.143. The van der Waals surface area contributed by atoms with Crippen LogP contribution in [0.4, 0.5) is 0 Å². The van der Waals surface area contributed by atoms with E-state index in [1.807, 2.05) is 11.4 Å². The number of nitrogens with one attached hydrogen (secondary N) is 1. The zero-order valence-corrected chi connectivity index (χ0v) is 12.9. The molecule has 2 unspecified atom stereocenters. The molecule has 1 aliphatic rings. The molecular weight excluding hydrogens is 367 g/mol. The van der Waals surface area contributed by atoms with E-state index in [4.69, 9.17) is 18.0 Å².